The van der Waals surface area contributed by atoms with Crippen molar-refractivity contribution < 1.29 is 14.2 Å². The Balaban J connectivity index is 1.82. The van der Waals surface area contributed by atoms with E-state index in [-0.39, 0.29) is 5.56 Å². The smallest absolute Gasteiger partial charge is 0.331 e. The van der Waals surface area contributed by atoms with Crippen molar-refractivity contribution >= 4 is 16.6 Å². The number of anilines is 1. The van der Waals surface area contributed by atoms with Crippen LogP contribution in [0.25, 0.3) is 27.8 Å². The summed E-state index contributed by atoms with van der Waals surface area (Å²) in [5.41, 5.74) is 4.72. The zero-order valence-corrected chi connectivity index (χ0v) is 22.3. The van der Waals surface area contributed by atoms with Gasteiger partial charge in [-0.3, -0.25) is 13.9 Å². The highest BCUT2D eigenvalue weighted by Crippen LogP contribution is 2.48. The van der Waals surface area contributed by atoms with Gasteiger partial charge in [-0.25, -0.2) is 4.79 Å². The summed E-state index contributed by atoms with van der Waals surface area (Å²) < 4.78 is 21.7. The number of hydrogen-bond donors (Lipinski definition) is 1. The average Bonchev–Trinajstić information content (AvgIpc) is 3.34. The van der Waals surface area contributed by atoms with E-state index >= 15 is 0 Å². The molecule has 1 atom stereocenters. The number of aromatic nitrogens is 3. The minimum absolute atomic E-state index is 0.352. The summed E-state index contributed by atoms with van der Waals surface area (Å²) in [6.07, 6.45) is 0. The number of nitrogens with one attached hydrogen (secondary N) is 1. The highest BCUT2D eigenvalue weighted by atomic mass is 16.5. The molecule has 0 saturated carbocycles. The summed E-state index contributed by atoms with van der Waals surface area (Å²) in [5.74, 6) is 1.48. The third-order valence-corrected chi connectivity index (χ3v) is 7.39. The predicted octanol–water partition coefficient (Wildman–Crippen LogP) is 4.24. The van der Waals surface area contributed by atoms with Gasteiger partial charge in [0.1, 0.15) is 0 Å². The van der Waals surface area contributed by atoms with Crippen LogP contribution >= 0.6 is 0 Å². The molecule has 9 heteroatoms. The Morgan fingerprint density at radius 1 is 0.795 bits per heavy atom. The molecule has 39 heavy (non-hydrogen) atoms. The van der Waals surface area contributed by atoms with Crippen LogP contribution < -0.4 is 30.8 Å². The Morgan fingerprint density at radius 3 is 2.08 bits per heavy atom. The molecule has 9 nitrogen and oxygen atoms in total. The molecule has 0 radical (unpaired) electrons. The zero-order valence-electron chi connectivity index (χ0n) is 22.3. The molecule has 0 aliphatic carbocycles. The molecule has 5 aromatic rings. The van der Waals surface area contributed by atoms with Crippen molar-refractivity contribution in [1.82, 2.24) is 13.7 Å². The zero-order chi connectivity index (χ0) is 27.4. The van der Waals surface area contributed by atoms with Gasteiger partial charge in [-0.15, -0.1) is 0 Å². The quantitative estimate of drug-likeness (QED) is 0.370. The first-order valence-corrected chi connectivity index (χ1v) is 12.5. The summed E-state index contributed by atoms with van der Waals surface area (Å²) in [4.78, 5) is 27.1. The van der Waals surface area contributed by atoms with Gasteiger partial charge in [0, 0.05) is 14.1 Å². The highest BCUT2D eigenvalue weighted by Gasteiger charge is 2.35. The van der Waals surface area contributed by atoms with E-state index in [2.05, 4.69) is 9.88 Å². The first-order chi connectivity index (χ1) is 18.9. The molecule has 198 valence electrons. The predicted molar refractivity (Wildman–Crippen MR) is 151 cm³/mol. The van der Waals surface area contributed by atoms with E-state index in [1.165, 1.54) is 7.05 Å². The van der Waals surface area contributed by atoms with Gasteiger partial charge in [0.15, 0.2) is 11.5 Å². The van der Waals surface area contributed by atoms with Crippen LogP contribution in [0.4, 0.5) is 5.69 Å². The third kappa shape index (κ3) is 3.46. The molecule has 3 aromatic carbocycles. The van der Waals surface area contributed by atoms with Crippen LogP contribution in [0.1, 0.15) is 17.3 Å². The first kappa shape index (κ1) is 24.4. The van der Waals surface area contributed by atoms with Gasteiger partial charge < -0.3 is 24.1 Å². The SMILES string of the molecule is COc1cc([C@@H]2Nc3ccccc3-n3c(-c4ccccc4)c4c(=O)n(C)c(=O)n(C)c4c32)cc(OC)c1OC. The Morgan fingerprint density at radius 2 is 1.44 bits per heavy atom. The Labute approximate surface area is 224 Å². The lowest BCUT2D eigenvalue weighted by Crippen LogP contribution is -2.37. The lowest BCUT2D eigenvalue weighted by molar-refractivity contribution is 0.323. The van der Waals surface area contributed by atoms with Crippen LogP contribution in [0.15, 0.2) is 76.3 Å². The van der Waals surface area contributed by atoms with Crippen LogP contribution in [0.3, 0.4) is 0 Å². The van der Waals surface area contributed by atoms with Crippen LogP contribution in [-0.4, -0.2) is 35.0 Å². The van der Waals surface area contributed by atoms with Crippen LogP contribution in [0.5, 0.6) is 17.2 Å². The van der Waals surface area contributed by atoms with E-state index in [1.807, 2.05) is 66.7 Å². The molecule has 0 amide bonds. The Bertz CT molecular complexity index is 1840. The van der Waals surface area contributed by atoms with Crippen molar-refractivity contribution in [2.75, 3.05) is 26.6 Å². The molecule has 6 rings (SSSR count). The number of nitrogens with zero attached hydrogens (tertiary/aromatic N) is 3. The number of rotatable bonds is 5. The van der Waals surface area contributed by atoms with E-state index in [9.17, 15) is 9.59 Å². The monoisotopic (exact) mass is 524 g/mol. The number of benzene rings is 3. The molecule has 0 unspecified atom stereocenters. The number of ether oxygens (including phenoxy) is 3. The lowest BCUT2D eigenvalue weighted by atomic mass is 9.98. The number of methoxy groups -OCH3 is 3. The molecular formula is C30H28N4O5. The fourth-order valence-corrected chi connectivity index (χ4v) is 5.60. The molecular weight excluding hydrogens is 496 g/mol. The van der Waals surface area contributed by atoms with Crippen molar-refractivity contribution in [3.63, 3.8) is 0 Å². The minimum Gasteiger partial charge on any atom is -0.493 e. The molecule has 1 aliphatic heterocycles. The van der Waals surface area contributed by atoms with E-state index in [1.54, 1.807) is 32.9 Å². The maximum absolute atomic E-state index is 13.8. The van der Waals surface area contributed by atoms with E-state index in [4.69, 9.17) is 14.2 Å². The van der Waals surface area contributed by atoms with E-state index in [0.717, 1.165) is 38.5 Å². The van der Waals surface area contributed by atoms with Crippen LogP contribution in [-0.2, 0) is 14.1 Å². The van der Waals surface area contributed by atoms with Crippen LogP contribution in [0.2, 0.25) is 0 Å². The molecule has 0 spiro atoms. The lowest BCUT2D eigenvalue weighted by Gasteiger charge is -2.31. The fraction of sp³-hybridized carbons (Fsp3) is 0.200. The number of aryl methyl sites for hydroxylation is 1. The molecule has 1 N–H and O–H groups in total. The molecule has 0 saturated heterocycles. The Hall–Kier alpha value is -4.92. The number of fused-ring (bicyclic) bond motifs is 5. The summed E-state index contributed by atoms with van der Waals surface area (Å²) in [7, 11) is 7.92. The summed E-state index contributed by atoms with van der Waals surface area (Å²) in [6, 6.07) is 21.0. The van der Waals surface area contributed by atoms with Gasteiger partial charge in [0.25, 0.3) is 5.56 Å². The van der Waals surface area contributed by atoms with Crippen molar-refractivity contribution in [3.05, 3.63) is 98.8 Å². The van der Waals surface area contributed by atoms with Gasteiger partial charge in [-0.05, 0) is 35.4 Å². The Kier molecular flexibility index (Phi) is 5.71. The second-order valence-corrected chi connectivity index (χ2v) is 9.42. The van der Waals surface area contributed by atoms with Gasteiger partial charge in [0.2, 0.25) is 5.75 Å². The highest BCUT2D eigenvalue weighted by molar-refractivity contribution is 5.99. The first-order valence-electron chi connectivity index (χ1n) is 12.5. The minimum atomic E-state index is -0.466. The second kappa shape index (κ2) is 9.13. The average molecular weight is 525 g/mol. The fourth-order valence-electron chi connectivity index (χ4n) is 5.60. The van der Waals surface area contributed by atoms with Crippen molar-refractivity contribution in [2.24, 2.45) is 14.1 Å². The number of para-hydroxylation sites is 2. The van der Waals surface area contributed by atoms with Gasteiger partial charge >= 0.3 is 5.69 Å². The largest absolute Gasteiger partial charge is 0.493 e. The molecule has 1 aliphatic rings. The summed E-state index contributed by atoms with van der Waals surface area (Å²) in [6.45, 7) is 0. The topological polar surface area (TPSA) is 88.7 Å². The maximum atomic E-state index is 13.8. The van der Waals surface area contributed by atoms with Crippen molar-refractivity contribution in [3.8, 4) is 34.2 Å². The normalized spacial score (nSPS) is 13.9. The summed E-state index contributed by atoms with van der Waals surface area (Å²) >= 11 is 0. The van der Waals surface area contributed by atoms with E-state index < -0.39 is 11.7 Å². The van der Waals surface area contributed by atoms with Gasteiger partial charge in [-0.1, -0.05) is 42.5 Å². The van der Waals surface area contributed by atoms with E-state index in [0.29, 0.717) is 28.2 Å². The van der Waals surface area contributed by atoms with Gasteiger partial charge in [0.05, 0.1) is 61.0 Å². The molecule has 0 fully saturated rings. The molecule has 3 heterocycles. The molecule has 2 aromatic heterocycles. The van der Waals surface area contributed by atoms with Gasteiger partial charge in [-0.2, -0.15) is 0 Å². The van der Waals surface area contributed by atoms with Crippen molar-refractivity contribution in [1.29, 1.82) is 0 Å². The maximum Gasteiger partial charge on any atom is 0.331 e. The summed E-state index contributed by atoms with van der Waals surface area (Å²) in [5, 5.41) is 4.12. The third-order valence-electron chi connectivity index (χ3n) is 7.39. The van der Waals surface area contributed by atoms with Crippen LogP contribution in [0, 0.1) is 0 Å². The number of hydrogen-bond acceptors (Lipinski definition) is 6. The van der Waals surface area contributed by atoms with Crippen molar-refractivity contribution in [2.45, 2.75) is 6.04 Å². The molecule has 0 bridgehead atoms. The second-order valence-electron chi connectivity index (χ2n) is 9.42. The standard InChI is InChI=1S/C30H28N4O5/c1-32-26-23(29(35)33(2)30(32)36)25(17-11-7-6-8-12-17)34-20-14-10-9-13-19(20)31-24(27(26)34)18-15-21(37-3)28(39-5)22(16-18)38-4/h6-16,24,31H,1-5H3/t24-/m0/s1.